The highest BCUT2D eigenvalue weighted by Crippen LogP contribution is 2.22. The predicted octanol–water partition coefficient (Wildman–Crippen LogP) is 3.83. The van der Waals surface area contributed by atoms with Crippen molar-refractivity contribution in [3.8, 4) is 0 Å². The van der Waals surface area contributed by atoms with Crippen molar-refractivity contribution in [2.75, 3.05) is 5.88 Å². The van der Waals surface area contributed by atoms with E-state index in [2.05, 4.69) is 0 Å². The molecule has 84 valence electrons. The van der Waals surface area contributed by atoms with E-state index in [1.54, 1.807) is 0 Å². The lowest BCUT2D eigenvalue weighted by atomic mass is 9.99. The second-order valence-electron chi connectivity index (χ2n) is 3.91. The van der Waals surface area contributed by atoms with Gasteiger partial charge in [0, 0.05) is 5.88 Å². The molecule has 0 spiro atoms. The molecule has 0 saturated heterocycles. The molecule has 15 heavy (non-hydrogen) atoms. The average Bonchev–Trinajstić information content (AvgIpc) is 2.25. The Balaban J connectivity index is 2.40. The summed E-state index contributed by atoms with van der Waals surface area (Å²) in [6.07, 6.45) is 3.71. The van der Waals surface area contributed by atoms with E-state index in [1.807, 2.05) is 31.2 Å². The largest absolute Gasteiger partial charge is 0.388 e. The van der Waals surface area contributed by atoms with Gasteiger partial charge in [0.25, 0.3) is 0 Å². The Morgan fingerprint density at radius 1 is 1.20 bits per heavy atom. The first kappa shape index (κ1) is 12.5. The average molecular weight is 227 g/mol. The lowest BCUT2D eigenvalue weighted by molar-refractivity contribution is 0.163. The second-order valence-corrected chi connectivity index (χ2v) is 4.29. The number of rotatable bonds is 6. The number of halogens is 1. The highest BCUT2D eigenvalue weighted by Gasteiger charge is 2.08. The van der Waals surface area contributed by atoms with Crippen molar-refractivity contribution < 1.29 is 5.11 Å². The molecule has 0 heterocycles. The predicted molar refractivity (Wildman–Crippen MR) is 65.3 cm³/mol. The maximum absolute atomic E-state index is 9.97. The van der Waals surface area contributed by atoms with Gasteiger partial charge in [-0.15, -0.1) is 11.6 Å². The number of hydrogen-bond acceptors (Lipinski definition) is 1. The van der Waals surface area contributed by atoms with Crippen LogP contribution in [0.1, 0.15) is 42.9 Å². The Kier molecular flexibility index (Phi) is 5.74. The Morgan fingerprint density at radius 3 is 2.60 bits per heavy atom. The molecular formula is C13H19ClO. The molecule has 1 unspecified atom stereocenters. The lowest BCUT2D eigenvalue weighted by Crippen LogP contribution is -1.99. The molecule has 1 N–H and O–H groups in total. The van der Waals surface area contributed by atoms with Crippen molar-refractivity contribution >= 4 is 11.6 Å². The van der Waals surface area contributed by atoms with Crippen LogP contribution >= 0.6 is 11.6 Å². The zero-order valence-corrected chi connectivity index (χ0v) is 10.0. The van der Waals surface area contributed by atoms with Gasteiger partial charge in [0.15, 0.2) is 0 Å². The standard InChI is InChI=1S/C13H19ClO/c1-11-7-4-5-8-12(11)13(15)9-3-2-6-10-14/h4-5,7-8,13,15H,2-3,6,9-10H2,1H3. The van der Waals surface area contributed by atoms with Crippen LogP contribution in [-0.2, 0) is 0 Å². The molecule has 1 nitrogen and oxygen atoms in total. The fourth-order valence-electron chi connectivity index (χ4n) is 1.73. The van der Waals surface area contributed by atoms with Gasteiger partial charge in [-0.25, -0.2) is 0 Å². The molecule has 0 aromatic heterocycles. The van der Waals surface area contributed by atoms with E-state index in [1.165, 1.54) is 5.56 Å². The quantitative estimate of drug-likeness (QED) is 0.578. The van der Waals surface area contributed by atoms with Crippen molar-refractivity contribution in [3.63, 3.8) is 0 Å². The Bertz CT molecular complexity index is 286. The summed E-state index contributed by atoms with van der Waals surface area (Å²) in [5, 5.41) is 9.97. The van der Waals surface area contributed by atoms with E-state index in [4.69, 9.17) is 11.6 Å². The van der Waals surface area contributed by atoms with E-state index in [0.29, 0.717) is 0 Å². The minimum Gasteiger partial charge on any atom is -0.388 e. The van der Waals surface area contributed by atoms with Gasteiger partial charge >= 0.3 is 0 Å². The van der Waals surface area contributed by atoms with Crippen LogP contribution in [0.4, 0.5) is 0 Å². The summed E-state index contributed by atoms with van der Waals surface area (Å²) in [4.78, 5) is 0. The number of unbranched alkanes of at least 4 members (excludes halogenated alkanes) is 2. The number of hydrogen-bond donors (Lipinski definition) is 1. The third kappa shape index (κ3) is 4.23. The smallest absolute Gasteiger partial charge is 0.0792 e. The Labute approximate surface area is 97.1 Å². The fourth-order valence-corrected chi connectivity index (χ4v) is 1.91. The third-order valence-corrected chi connectivity index (χ3v) is 2.93. The summed E-state index contributed by atoms with van der Waals surface area (Å²) >= 11 is 5.60. The molecule has 0 aliphatic carbocycles. The van der Waals surface area contributed by atoms with Gasteiger partial charge in [0.05, 0.1) is 6.10 Å². The van der Waals surface area contributed by atoms with Crippen LogP contribution in [0.3, 0.4) is 0 Å². The van der Waals surface area contributed by atoms with E-state index >= 15 is 0 Å². The van der Waals surface area contributed by atoms with Gasteiger partial charge in [-0.2, -0.15) is 0 Å². The summed E-state index contributed by atoms with van der Waals surface area (Å²) in [5.41, 5.74) is 2.23. The third-order valence-electron chi connectivity index (χ3n) is 2.66. The van der Waals surface area contributed by atoms with Gasteiger partial charge in [-0.1, -0.05) is 37.1 Å². The number of aliphatic hydroxyl groups is 1. The zero-order valence-electron chi connectivity index (χ0n) is 9.25. The van der Waals surface area contributed by atoms with Crippen molar-refractivity contribution in [2.45, 2.75) is 38.7 Å². The monoisotopic (exact) mass is 226 g/mol. The summed E-state index contributed by atoms with van der Waals surface area (Å²) in [6.45, 7) is 2.04. The highest BCUT2D eigenvalue weighted by molar-refractivity contribution is 6.17. The van der Waals surface area contributed by atoms with Crippen LogP contribution < -0.4 is 0 Å². The Morgan fingerprint density at radius 2 is 1.93 bits per heavy atom. The lowest BCUT2D eigenvalue weighted by Gasteiger charge is -2.13. The molecule has 1 aromatic carbocycles. The highest BCUT2D eigenvalue weighted by atomic mass is 35.5. The van der Waals surface area contributed by atoms with Crippen LogP contribution in [0.15, 0.2) is 24.3 Å². The summed E-state index contributed by atoms with van der Waals surface area (Å²) < 4.78 is 0. The number of aliphatic hydroxyl groups excluding tert-OH is 1. The number of benzene rings is 1. The van der Waals surface area contributed by atoms with Gasteiger partial charge in [-0.3, -0.25) is 0 Å². The molecule has 0 radical (unpaired) electrons. The normalized spacial score (nSPS) is 12.7. The summed E-state index contributed by atoms with van der Waals surface area (Å²) in [6, 6.07) is 8.02. The molecule has 2 heteroatoms. The topological polar surface area (TPSA) is 20.2 Å². The molecule has 0 aliphatic heterocycles. The van der Waals surface area contributed by atoms with Crippen molar-refractivity contribution in [1.29, 1.82) is 0 Å². The minimum atomic E-state index is -0.318. The van der Waals surface area contributed by atoms with Crippen molar-refractivity contribution in [3.05, 3.63) is 35.4 Å². The van der Waals surface area contributed by atoms with Crippen LogP contribution in [0.2, 0.25) is 0 Å². The molecule has 0 bridgehead atoms. The van der Waals surface area contributed by atoms with Gasteiger partial charge < -0.3 is 5.11 Å². The maximum Gasteiger partial charge on any atom is 0.0792 e. The molecule has 0 fully saturated rings. The van der Waals surface area contributed by atoms with Gasteiger partial charge in [0.1, 0.15) is 0 Å². The molecule has 1 aromatic rings. The number of alkyl halides is 1. The molecule has 1 rings (SSSR count). The van der Waals surface area contributed by atoms with Crippen molar-refractivity contribution in [2.24, 2.45) is 0 Å². The first-order valence-electron chi connectivity index (χ1n) is 5.55. The Hall–Kier alpha value is -0.530. The van der Waals surface area contributed by atoms with Gasteiger partial charge in [-0.05, 0) is 30.9 Å². The molecular weight excluding hydrogens is 208 g/mol. The molecule has 0 aliphatic rings. The zero-order chi connectivity index (χ0) is 11.1. The number of aryl methyl sites for hydroxylation is 1. The summed E-state index contributed by atoms with van der Waals surface area (Å²) in [7, 11) is 0. The van der Waals surface area contributed by atoms with E-state index in [9.17, 15) is 5.11 Å². The van der Waals surface area contributed by atoms with Gasteiger partial charge in [0.2, 0.25) is 0 Å². The summed E-state index contributed by atoms with van der Waals surface area (Å²) in [5.74, 6) is 0.723. The van der Waals surface area contributed by atoms with Crippen LogP contribution in [0.5, 0.6) is 0 Å². The van der Waals surface area contributed by atoms with E-state index in [-0.39, 0.29) is 6.10 Å². The molecule has 0 saturated carbocycles. The van der Waals surface area contributed by atoms with E-state index in [0.717, 1.165) is 37.1 Å². The first-order chi connectivity index (χ1) is 7.25. The van der Waals surface area contributed by atoms with Crippen LogP contribution in [0.25, 0.3) is 0 Å². The van der Waals surface area contributed by atoms with Crippen molar-refractivity contribution in [1.82, 2.24) is 0 Å². The molecule has 0 amide bonds. The second kappa shape index (κ2) is 6.86. The SMILES string of the molecule is Cc1ccccc1C(O)CCCCCCl. The minimum absolute atomic E-state index is 0.318. The maximum atomic E-state index is 9.97. The first-order valence-corrected chi connectivity index (χ1v) is 6.08. The fraction of sp³-hybridized carbons (Fsp3) is 0.538. The van der Waals surface area contributed by atoms with E-state index < -0.39 is 0 Å². The molecule has 1 atom stereocenters. The van der Waals surface area contributed by atoms with Crippen LogP contribution in [-0.4, -0.2) is 11.0 Å². The van der Waals surface area contributed by atoms with Crippen LogP contribution in [0, 0.1) is 6.92 Å².